The van der Waals surface area contributed by atoms with Crippen LogP contribution in [0.5, 0.6) is 5.75 Å². The Labute approximate surface area is 191 Å². The van der Waals surface area contributed by atoms with E-state index in [0.717, 1.165) is 16.5 Å². The zero-order valence-corrected chi connectivity index (χ0v) is 18.1. The monoisotopic (exact) mass is 437 g/mol. The van der Waals surface area contributed by atoms with Gasteiger partial charge in [0.25, 0.3) is 5.91 Å². The number of nitrogens with one attached hydrogen (secondary N) is 2. The minimum Gasteiger partial charge on any atom is -0.488 e. The lowest BCUT2D eigenvalue weighted by molar-refractivity contribution is -0.114. The summed E-state index contributed by atoms with van der Waals surface area (Å²) in [4.78, 5) is 23.6. The number of rotatable bonds is 7. The largest absolute Gasteiger partial charge is 0.488 e. The Morgan fingerprint density at radius 1 is 0.909 bits per heavy atom. The van der Waals surface area contributed by atoms with Gasteiger partial charge in [0.1, 0.15) is 12.4 Å². The number of para-hydroxylation sites is 1. The van der Waals surface area contributed by atoms with E-state index in [1.54, 1.807) is 30.5 Å². The first kappa shape index (κ1) is 21.8. The van der Waals surface area contributed by atoms with Gasteiger partial charge in [0.05, 0.1) is 6.21 Å². The first-order valence-corrected chi connectivity index (χ1v) is 10.5. The Morgan fingerprint density at radius 3 is 2.55 bits per heavy atom. The molecular formula is C27H23N3O3. The second kappa shape index (κ2) is 10.2. The summed E-state index contributed by atoms with van der Waals surface area (Å²) in [7, 11) is 0. The van der Waals surface area contributed by atoms with Crippen LogP contribution in [-0.4, -0.2) is 18.0 Å². The number of anilines is 1. The molecule has 33 heavy (non-hydrogen) atoms. The number of ether oxygens (including phenoxy) is 1. The third-order valence-corrected chi connectivity index (χ3v) is 5.00. The number of fused-ring (bicyclic) bond motifs is 1. The van der Waals surface area contributed by atoms with Crippen molar-refractivity contribution in [1.82, 2.24) is 5.43 Å². The molecule has 0 aromatic heterocycles. The molecule has 164 valence electrons. The van der Waals surface area contributed by atoms with E-state index in [-0.39, 0.29) is 11.8 Å². The molecule has 2 amide bonds. The van der Waals surface area contributed by atoms with Crippen LogP contribution in [0, 0.1) is 0 Å². The second-order valence-electron chi connectivity index (χ2n) is 7.43. The van der Waals surface area contributed by atoms with Gasteiger partial charge in [-0.15, -0.1) is 0 Å². The maximum absolute atomic E-state index is 12.4. The fourth-order valence-electron chi connectivity index (χ4n) is 3.46. The van der Waals surface area contributed by atoms with Crippen molar-refractivity contribution in [3.8, 4) is 5.75 Å². The van der Waals surface area contributed by atoms with E-state index in [4.69, 9.17) is 4.74 Å². The summed E-state index contributed by atoms with van der Waals surface area (Å²) in [5.41, 5.74) is 5.28. The van der Waals surface area contributed by atoms with E-state index in [0.29, 0.717) is 23.6 Å². The van der Waals surface area contributed by atoms with Crippen LogP contribution in [0.4, 0.5) is 5.69 Å². The highest BCUT2D eigenvalue weighted by molar-refractivity contribution is 5.97. The molecule has 6 heteroatoms. The lowest BCUT2D eigenvalue weighted by Crippen LogP contribution is -2.18. The number of benzene rings is 4. The maximum Gasteiger partial charge on any atom is 0.271 e. The molecule has 4 rings (SSSR count). The highest BCUT2D eigenvalue weighted by Crippen LogP contribution is 2.22. The predicted molar refractivity (Wildman–Crippen MR) is 131 cm³/mol. The number of nitrogens with zero attached hydrogens (tertiary/aromatic N) is 1. The summed E-state index contributed by atoms with van der Waals surface area (Å²) in [6.45, 7) is 1.82. The fraction of sp³-hybridized carbons (Fsp3) is 0.0741. The lowest BCUT2D eigenvalue weighted by Gasteiger charge is -2.11. The Kier molecular flexibility index (Phi) is 6.75. The van der Waals surface area contributed by atoms with Crippen molar-refractivity contribution in [3.05, 3.63) is 108 Å². The SMILES string of the molecule is CC(=O)Nc1cccc(C(=O)NN=Cc2ccccc2OCc2cccc3ccccc23)c1. The standard InChI is InChI=1S/C27H23N3O3/c1-19(31)29-24-13-7-11-21(16-24)27(32)30-28-17-22-9-3-5-15-26(22)33-18-23-12-6-10-20-8-2-4-14-25(20)23/h2-17H,18H2,1H3,(H,29,31)(H,30,32). The van der Waals surface area contributed by atoms with E-state index in [2.05, 4.69) is 34.0 Å². The van der Waals surface area contributed by atoms with E-state index in [1.807, 2.05) is 48.5 Å². The number of hydrogen-bond acceptors (Lipinski definition) is 4. The van der Waals surface area contributed by atoms with Crippen LogP contribution in [0.1, 0.15) is 28.4 Å². The summed E-state index contributed by atoms with van der Waals surface area (Å²) in [5.74, 6) is 0.0781. The minimum absolute atomic E-state index is 0.203. The van der Waals surface area contributed by atoms with Crippen LogP contribution >= 0.6 is 0 Å². The average Bonchev–Trinajstić information content (AvgIpc) is 2.83. The van der Waals surface area contributed by atoms with Crippen LogP contribution in [0.25, 0.3) is 10.8 Å². The maximum atomic E-state index is 12.4. The van der Waals surface area contributed by atoms with E-state index in [1.165, 1.54) is 12.3 Å². The lowest BCUT2D eigenvalue weighted by atomic mass is 10.1. The Balaban J connectivity index is 1.43. The van der Waals surface area contributed by atoms with Crippen molar-refractivity contribution >= 4 is 34.5 Å². The van der Waals surface area contributed by atoms with Crippen LogP contribution in [0.3, 0.4) is 0 Å². The first-order valence-electron chi connectivity index (χ1n) is 10.5. The molecule has 0 saturated heterocycles. The minimum atomic E-state index is -0.382. The van der Waals surface area contributed by atoms with Gasteiger partial charge in [-0.25, -0.2) is 5.43 Å². The van der Waals surface area contributed by atoms with Crippen LogP contribution in [0.15, 0.2) is 96.1 Å². The first-order chi connectivity index (χ1) is 16.1. The van der Waals surface area contributed by atoms with Crippen LogP contribution in [-0.2, 0) is 11.4 Å². The topological polar surface area (TPSA) is 79.8 Å². The molecule has 4 aromatic carbocycles. The molecule has 6 nitrogen and oxygen atoms in total. The highest BCUT2D eigenvalue weighted by Gasteiger charge is 2.07. The van der Waals surface area contributed by atoms with E-state index >= 15 is 0 Å². The van der Waals surface area contributed by atoms with E-state index < -0.39 is 0 Å². The molecule has 0 aliphatic heterocycles. The molecule has 0 fully saturated rings. The molecule has 0 saturated carbocycles. The van der Waals surface area contributed by atoms with Gasteiger partial charge in [0.2, 0.25) is 5.91 Å². The number of carbonyl (C=O) groups is 2. The molecule has 0 spiro atoms. The Morgan fingerprint density at radius 2 is 1.67 bits per heavy atom. The van der Waals surface area contributed by atoms with Gasteiger partial charge in [-0.3, -0.25) is 9.59 Å². The fourth-order valence-corrected chi connectivity index (χ4v) is 3.46. The number of hydrazone groups is 1. The molecule has 0 radical (unpaired) electrons. The van der Waals surface area contributed by atoms with Crippen LogP contribution < -0.4 is 15.5 Å². The van der Waals surface area contributed by atoms with Crippen molar-refractivity contribution in [1.29, 1.82) is 0 Å². The highest BCUT2D eigenvalue weighted by atomic mass is 16.5. The molecule has 0 heterocycles. The molecule has 0 aliphatic carbocycles. The van der Waals surface area contributed by atoms with Gasteiger partial charge >= 0.3 is 0 Å². The summed E-state index contributed by atoms with van der Waals surface area (Å²) in [6, 6.07) is 28.5. The summed E-state index contributed by atoms with van der Waals surface area (Å²) in [6.07, 6.45) is 1.55. The van der Waals surface area contributed by atoms with Gasteiger partial charge in [-0.05, 0) is 46.7 Å². The van der Waals surface area contributed by atoms with Crippen LogP contribution in [0.2, 0.25) is 0 Å². The zero-order valence-electron chi connectivity index (χ0n) is 18.1. The Bertz CT molecular complexity index is 1330. The Hall–Kier alpha value is -4.45. The molecule has 0 aliphatic rings. The molecular weight excluding hydrogens is 414 g/mol. The summed E-state index contributed by atoms with van der Waals surface area (Å²) < 4.78 is 6.08. The number of amides is 2. The summed E-state index contributed by atoms with van der Waals surface area (Å²) in [5, 5.41) is 9.05. The van der Waals surface area contributed by atoms with Crippen molar-refractivity contribution in [2.24, 2.45) is 5.10 Å². The number of carbonyl (C=O) groups excluding carboxylic acids is 2. The van der Waals surface area contributed by atoms with Crippen molar-refractivity contribution < 1.29 is 14.3 Å². The third-order valence-electron chi connectivity index (χ3n) is 5.00. The van der Waals surface area contributed by atoms with Gasteiger partial charge < -0.3 is 10.1 Å². The van der Waals surface area contributed by atoms with Crippen molar-refractivity contribution in [2.75, 3.05) is 5.32 Å². The summed E-state index contributed by atoms with van der Waals surface area (Å²) >= 11 is 0. The molecule has 4 aromatic rings. The molecule has 0 bridgehead atoms. The predicted octanol–water partition coefficient (Wildman–Crippen LogP) is 5.14. The molecule has 2 N–H and O–H groups in total. The van der Waals surface area contributed by atoms with Gasteiger partial charge in [0, 0.05) is 23.7 Å². The normalized spacial score (nSPS) is 10.8. The molecule has 0 unspecified atom stereocenters. The zero-order chi connectivity index (χ0) is 23.0. The van der Waals surface area contributed by atoms with Gasteiger partial charge in [-0.2, -0.15) is 5.10 Å². The second-order valence-corrected chi connectivity index (χ2v) is 7.43. The van der Waals surface area contributed by atoms with Crippen molar-refractivity contribution in [3.63, 3.8) is 0 Å². The third kappa shape index (κ3) is 5.62. The number of hydrogen-bond donors (Lipinski definition) is 2. The van der Waals surface area contributed by atoms with Gasteiger partial charge in [-0.1, -0.05) is 60.7 Å². The smallest absolute Gasteiger partial charge is 0.271 e. The average molecular weight is 437 g/mol. The molecule has 0 atom stereocenters. The van der Waals surface area contributed by atoms with E-state index in [9.17, 15) is 9.59 Å². The van der Waals surface area contributed by atoms with Crippen molar-refractivity contribution in [2.45, 2.75) is 13.5 Å². The van der Waals surface area contributed by atoms with Gasteiger partial charge in [0.15, 0.2) is 0 Å². The quantitative estimate of drug-likeness (QED) is 0.310.